The molecule has 1 saturated heterocycles. The molecule has 5 rings (SSSR count). The molecular formula is C24H29N3OS. The Balaban J connectivity index is 1.42. The Labute approximate surface area is 177 Å². The molecule has 29 heavy (non-hydrogen) atoms. The number of para-hydroxylation sites is 1. The molecule has 2 aliphatic heterocycles. The van der Waals surface area contributed by atoms with E-state index in [-0.39, 0.29) is 5.54 Å². The highest BCUT2D eigenvalue weighted by atomic mass is 32.2. The lowest BCUT2D eigenvalue weighted by Gasteiger charge is -2.44. The topological polar surface area (TPSA) is 40.3 Å². The molecule has 3 aromatic rings. The summed E-state index contributed by atoms with van der Waals surface area (Å²) in [7, 11) is 0. The summed E-state index contributed by atoms with van der Waals surface area (Å²) in [6, 6.07) is 17.1. The van der Waals surface area contributed by atoms with Gasteiger partial charge in [0.2, 0.25) is 0 Å². The number of aromatic amines is 1. The quantitative estimate of drug-likeness (QED) is 0.594. The van der Waals surface area contributed by atoms with Gasteiger partial charge in [0.15, 0.2) is 0 Å². The number of aromatic nitrogens is 1. The van der Waals surface area contributed by atoms with Crippen molar-refractivity contribution >= 4 is 22.7 Å². The first-order chi connectivity index (χ1) is 14.3. The molecule has 0 amide bonds. The Morgan fingerprint density at radius 1 is 1.17 bits per heavy atom. The van der Waals surface area contributed by atoms with Gasteiger partial charge in [0.1, 0.15) is 12.4 Å². The molecular weight excluding hydrogens is 378 g/mol. The zero-order chi connectivity index (χ0) is 19.7. The normalized spacial score (nSPS) is 21.7. The second-order valence-corrected chi connectivity index (χ2v) is 9.31. The summed E-state index contributed by atoms with van der Waals surface area (Å²) in [6.07, 6.45) is 2.25. The molecule has 1 fully saturated rings. The first kappa shape index (κ1) is 19.0. The Morgan fingerprint density at radius 2 is 2.07 bits per heavy atom. The van der Waals surface area contributed by atoms with Crippen molar-refractivity contribution < 1.29 is 4.74 Å². The van der Waals surface area contributed by atoms with Crippen molar-refractivity contribution in [1.82, 2.24) is 15.2 Å². The van der Waals surface area contributed by atoms with Crippen LogP contribution in [0.15, 0.2) is 53.4 Å². The minimum absolute atomic E-state index is 0.0602. The number of H-pyrrole nitrogens is 1. The molecule has 0 unspecified atom stereocenters. The van der Waals surface area contributed by atoms with E-state index in [2.05, 4.69) is 40.3 Å². The van der Waals surface area contributed by atoms with Crippen LogP contribution in [0.25, 0.3) is 10.9 Å². The molecule has 5 heteroatoms. The van der Waals surface area contributed by atoms with Crippen LogP contribution in [-0.2, 0) is 12.0 Å². The van der Waals surface area contributed by atoms with E-state index in [1.54, 1.807) is 0 Å². The summed E-state index contributed by atoms with van der Waals surface area (Å²) in [5.41, 5.74) is 4.30. The Kier molecular flexibility index (Phi) is 5.29. The molecule has 0 radical (unpaired) electrons. The fourth-order valence-corrected chi connectivity index (χ4v) is 5.74. The van der Waals surface area contributed by atoms with Crippen molar-refractivity contribution in [3.05, 3.63) is 59.8 Å². The predicted molar refractivity (Wildman–Crippen MR) is 121 cm³/mol. The molecule has 1 spiro atoms. The molecule has 3 heterocycles. The Morgan fingerprint density at radius 3 is 2.86 bits per heavy atom. The molecule has 2 N–H and O–H groups in total. The molecule has 4 nitrogen and oxygen atoms in total. The molecule has 0 aliphatic carbocycles. The van der Waals surface area contributed by atoms with Gasteiger partial charge in [0.05, 0.1) is 5.54 Å². The van der Waals surface area contributed by atoms with Crippen molar-refractivity contribution in [1.29, 1.82) is 0 Å². The van der Waals surface area contributed by atoms with Crippen LogP contribution in [0.5, 0.6) is 5.75 Å². The third-order valence-electron chi connectivity index (χ3n) is 6.40. The highest BCUT2D eigenvalue weighted by molar-refractivity contribution is 7.99. The maximum Gasteiger partial charge on any atom is 0.119 e. The number of thioether (sulfide) groups is 1. The van der Waals surface area contributed by atoms with E-state index in [0.29, 0.717) is 0 Å². The maximum absolute atomic E-state index is 6.03. The van der Waals surface area contributed by atoms with Gasteiger partial charge >= 0.3 is 0 Å². The first-order valence-electron chi connectivity index (χ1n) is 10.7. The van der Waals surface area contributed by atoms with Gasteiger partial charge in [-0.15, -0.1) is 11.8 Å². The molecule has 0 bridgehead atoms. The van der Waals surface area contributed by atoms with E-state index in [9.17, 15) is 0 Å². The van der Waals surface area contributed by atoms with Gasteiger partial charge in [-0.2, -0.15) is 0 Å². The van der Waals surface area contributed by atoms with Gasteiger partial charge < -0.3 is 15.0 Å². The van der Waals surface area contributed by atoms with E-state index in [1.165, 1.54) is 27.1 Å². The van der Waals surface area contributed by atoms with Crippen LogP contribution in [0.3, 0.4) is 0 Å². The average molecular weight is 408 g/mol. The van der Waals surface area contributed by atoms with Crippen molar-refractivity contribution in [2.24, 2.45) is 0 Å². The minimum Gasteiger partial charge on any atom is -0.492 e. The SMILES string of the molecule is CCSc1ccc2[nH]c3c(c2c1)CCN(CCOc1ccccc1)[C@@]31CCNC1. The fraction of sp³-hybridized carbons (Fsp3) is 0.417. The monoisotopic (exact) mass is 407 g/mol. The highest BCUT2D eigenvalue weighted by Gasteiger charge is 2.46. The number of nitrogens with zero attached hydrogens (tertiary/aromatic N) is 1. The lowest BCUT2D eigenvalue weighted by Crippen LogP contribution is -2.53. The summed E-state index contributed by atoms with van der Waals surface area (Å²) < 4.78 is 6.03. The third-order valence-corrected chi connectivity index (χ3v) is 7.27. The zero-order valence-corrected chi connectivity index (χ0v) is 17.9. The van der Waals surface area contributed by atoms with Gasteiger partial charge in [-0.3, -0.25) is 4.90 Å². The highest BCUT2D eigenvalue weighted by Crippen LogP contribution is 2.43. The van der Waals surface area contributed by atoms with Crippen molar-refractivity contribution in [3.63, 3.8) is 0 Å². The summed E-state index contributed by atoms with van der Waals surface area (Å²) in [6.45, 7) is 7.05. The van der Waals surface area contributed by atoms with E-state index >= 15 is 0 Å². The van der Waals surface area contributed by atoms with Crippen LogP contribution < -0.4 is 10.1 Å². The van der Waals surface area contributed by atoms with E-state index in [1.807, 2.05) is 42.1 Å². The average Bonchev–Trinajstić information content (AvgIpc) is 3.37. The van der Waals surface area contributed by atoms with Gasteiger partial charge in [-0.05, 0) is 61.0 Å². The largest absolute Gasteiger partial charge is 0.492 e. The molecule has 152 valence electrons. The predicted octanol–water partition coefficient (Wildman–Crippen LogP) is 4.41. The minimum atomic E-state index is 0.0602. The third kappa shape index (κ3) is 3.45. The maximum atomic E-state index is 6.03. The van der Waals surface area contributed by atoms with Crippen LogP contribution in [0.4, 0.5) is 0 Å². The van der Waals surface area contributed by atoms with Gasteiger partial charge in [0, 0.05) is 41.1 Å². The van der Waals surface area contributed by atoms with Crippen LogP contribution in [0.1, 0.15) is 24.6 Å². The van der Waals surface area contributed by atoms with E-state index in [4.69, 9.17) is 4.74 Å². The number of nitrogens with one attached hydrogen (secondary N) is 2. The van der Waals surface area contributed by atoms with Crippen LogP contribution in [0, 0.1) is 0 Å². The van der Waals surface area contributed by atoms with Crippen LogP contribution >= 0.6 is 11.8 Å². The van der Waals surface area contributed by atoms with Crippen LogP contribution in [-0.4, -0.2) is 48.4 Å². The Hall–Kier alpha value is -1.95. The molecule has 2 aliphatic rings. The smallest absolute Gasteiger partial charge is 0.119 e. The number of hydrogen-bond donors (Lipinski definition) is 2. The summed E-state index contributed by atoms with van der Waals surface area (Å²) in [5, 5.41) is 5.05. The number of fused-ring (bicyclic) bond motifs is 4. The second-order valence-electron chi connectivity index (χ2n) is 7.98. The standard InChI is InChI=1S/C24H29N3OS/c1-2-29-19-8-9-22-21(16-19)20-10-13-27(14-15-28-18-6-4-3-5-7-18)24(23(20)26-22)11-12-25-17-24/h3-9,16,25-26H,2,10-15,17H2,1H3/t24-/m1/s1. The lowest BCUT2D eigenvalue weighted by molar-refractivity contribution is 0.0706. The Bertz CT molecular complexity index is 978. The molecule has 2 aromatic carbocycles. The van der Waals surface area contributed by atoms with Crippen molar-refractivity contribution in [3.8, 4) is 5.75 Å². The molecule has 1 atom stereocenters. The summed E-state index contributed by atoms with van der Waals surface area (Å²) in [4.78, 5) is 7.85. The van der Waals surface area contributed by atoms with Crippen LogP contribution in [0.2, 0.25) is 0 Å². The first-order valence-corrected chi connectivity index (χ1v) is 11.7. The van der Waals surface area contributed by atoms with Gasteiger partial charge in [-0.25, -0.2) is 0 Å². The summed E-state index contributed by atoms with van der Waals surface area (Å²) >= 11 is 1.92. The van der Waals surface area contributed by atoms with Crippen molar-refractivity contribution in [2.45, 2.75) is 30.2 Å². The molecule has 1 aromatic heterocycles. The lowest BCUT2D eigenvalue weighted by atomic mass is 9.84. The zero-order valence-electron chi connectivity index (χ0n) is 17.0. The van der Waals surface area contributed by atoms with E-state index in [0.717, 1.165) is 57.1 Å². The number of rotatable bonds is 6. The number of benzene rings is 2. The molecule has 0 saturated carbocycles. The number of ether oxygens (including phenoxy) is 1. The van der Waals surface area contributed by atoms with Crippen molar-refractivity contribution in [2.75, 3.05) is 38.5 Å². The fourth-order valence-electron chi connectivity index (χ4n) is 5.04. The van der Waals surface area contributed by atoms with Gasteiger partial charge in [-0.1, -0.05) is 25.1 Å². The summed E-state index contributed by atoms with van der Waals surface area (Å²) in [5.74, 6) is 2.07. The van der Waals surface area contributed by atoms with E-state index < -0.39 is 0 Å². The second kappa shape index (κ2) is 8.05. The number of hydrogen-bond acceptors (Lipinski definition) is 4. The van der Waals surface area contributed by atoms with Gasteiger partial charge in [0.25, 0.3) is 0 Å².